The molecule has 2 aliphatic heterocycles. The number of para-hydroxylation sites is 1. The number of carbonyl (C=O) groups is 2. The van der Waals surface area contributed by atoms with Crippen LogP contribution in [0, 0.1) is 13.8 Å². The molecule has 1 amide bonds. The van der Waals surface area contributed by atoms with Gasteiger partial charge in [0.1, 0.15) is 16.7 Å². The van der Waals surface area contributed by atoms with Gasteiger partial charge in [-0.25, -0.2) is 4.79 Å². The zero-order valence-electron chi connectivity index (χ0n) is 19.9. The minimum Gasteiger partial charge on any atom is -0.465 e. The molecule has 0 radical (unpaired) electrons. The van der Waals surface area contributed by atoms with Crippen molar-refractivity contribution in [3.05, 3.63) is 104 Å². The van der Waals surface area contributed by atoms with E-state index < -0.39 is 22.9 Å². The molecule has 35 heavy (non-hydrogen) atoms. The van der Waals surface area contributed by atoms with Crippen LogP contribution in [0.15, 0.2) is 70.8 Å². The zero-order chi connectivity index (χ0) is 25.1. The predicted molar refractivity (Wildman–Crippen MR) is 130 cm³/mol. The van der Waals surface area contributed by atoms with Crippen molar-refractivity contribution in [2.24, 2.45) is 12.8 Å². The van der Waals surface area contributed by atoms with E-state index in [0.717, 1.165) is 11.1 Å². The maximum Gasteiger partial charge on any atom is 0.340 e. The number of fused-ring (bicyclic) bond motifs is 4. The number of hydrogen-bond donors (Lipinski definition) is 1. The van der Waals surface area contributed by atoms with Crippen LogP contribution in [0.1, 0.15) is 27.9 Å². The average Bonchev–Trinajstić information content (AvgIpc) is 3.07. The second-order valence-electron chi connectivity index (χ2n) is 8.87. The van der Waals surface area contributed by atoms with Crippen molar-refractivity contribution in [3.63, 3.8) is 0 Å². The Bertz CT molecular complexity index is 1490. The Labute approximate surface area is 202 Å². The quantitative estimate of drug-likeness (QED) is 0.589. The molecule has 1 aromatic heterocycles. The van der Waals surface area contributed by atoms with Gasteiger partial charge < -0.3 is 24.7 Å². The lowest BCUT2D eigenvalue weighted by molar-refractivity contribution is -0.138. The Morgan fingerprint density at radius 3 is 2.46 bits per heavy atom. The van der Waals surface area contributed by atoms with Crippen LogP contribution in [0.25, 0.3) is 0 Å². The lowest BCUT2D eigenvalue weighted by Gasteiger charge is -2.35. The number of nitrogens with zero attached hydrogens (tertiary/aromatic N) is 2. The van der Waals surface area contributed by atoms with E-state index in [1.165, 1.54) is 11.7 Å². The molecule has 1 atom stereocenters. The van der Waals surface area contributed by atoms with Crippen molar-refractivity contribution < 1.29 is 19.1 Å². The Morgan fingerprint density at radius 1 is 1.09 bits per heavy atom. The maximum atomic E-state index is 14.5. The molecule has 2 aromatic carbocycles. The van der Waals surface area contributed by atoms with Crippen molar-refractivity contribution in [3.8, 4) is 5.75 Å². The van der Waals surface area contributed by atoms with E-state index in [4.69, 9.17) is 15.2 Å². The van der Waals surface area contributed by atoms with Gasteiger partial charge in [0.15, 0.2) is 0 Å². The second kappa shape index (κ2) is 7.87. The summed E-state index contributed by atoms with van der Waals surface area (Å²) in [7, 11) is 2.81. The van der Waals surface area contributed by atoms with E-state index in [1.807, 2.05) is 37.3 Å². The number of nitrogens with two attached hydrogens (primary N) is 1. The highest BCUT2D eigenvalue weighted by molar-refractivity contribution is 6.18. The normalized spacial score (nSPS) is 18.4. The summed E-state index contributed by atoms with van der Waals surface area (Å²) >= 11 is 0. The second-order valence-corrected chi connectivity index (χ2v) is 8.87. The number of carbonyl (C=O) groups excluding carboxylic acids is 2. The van der Waals surface area contributed by atoms with Crippen molar-refractivity contribution in [2.45, 2.75) is 25.8 Å². The van der Waals surface area contributed by atoms with E-state index in [0.29, 0.717) is 16.9 Å². The molecule has 0 fully saturated rings. The minimum absolute atomic E-state index is 0.0454. The van der Waals surface area contributed by atoms with Crippen LogP contribution < -0.4 is 20.9 Å². The van der Waals surface area contributed by atoms with Crippen molar-refractivity contribution in [1.29, 1.82) is 0 Å². The molecule has 0 saturated heterocycles. The van der Waals surface area contributed by atoms with Crippen LogP contribution in [0.3, 0.4) is 0 Å². The van der Waals surface area contributed by atoms with Gasteiger partial charge in [-0.2, -0.15) is 0 Å². The number of hydrogen-bond acceptors (Lipinski definition) is 6. The lowest BCUT2D eigenvalue weighted by atomic mass is 9.68. The number of methoxy groups -OCH3 is 1. The van der Waals surface area contributed by atoms with Gasteiger partial charge in [-0.1, -0.05) is 48.0 Å². The summed E-state index contributed by atoms with van der Waals surface area (Å²) in [5.41, 5.74) is 7.54. The van der Waals surface area contributed by atoms with Crippen LogP contribution in [0.5, 0.6) is 5.75 Å². The van der Waals surface area contributed by atoms with Crippen LogP contribution in [-0.4, -0.2) is 23.6 Å². The van der Waals surface area contributed by atoms with Gasteiger partial charge in [0.05, 0.1) is 19.2 Å². The summed E-state index contributed by atoms with van der Waals surface area (Å²) in [5, 5.41) is 0. The molecule has 5 rings (SSSR count). The van der Waals surface area contributed by atoms with Gasteiger partial charge in [-0.05, 0) is 25.5 Å². The predicted octanol–water partition coefficient (Wildman–Crippen LogP) is 2.57. The Morgan fingerprint density at radius 2 is 1.77 bits per heavy atom. The molecule has 1 unspecified atom stereocenters. The minimum atomic E-state index is -1.81. The molecule has 3 heterocycles. The van der Waals surface area contributed by atoms with Gasteiger partial charge in [0.25, 0.3) is 5.56 Å². The highest BCUT2D eigenvalue weighted by atomic mass is 16.5. The zero-order valence-corrected chi connectivity index (χ0v) is 19.9. The van der Waals surface area contributed by atoms with E-state index in [1.54, 1.807) is 43.1 Å². The number of ether oxygens (including phenoxy) is 2. The summed E-state index contributed by atoms with van der Waals surface area (Å²) < 4.78 is 12.3. The molecule has 3 aromatic rings. The molecule has 8 nitrogen and oxygen atoms in total. The third-order valence-electron chi connectivity index (χ3n) is 6.87. The van der Waals surface area contributed by atoms with Crippen molar-refractivity contribution in [2.75, 3.05) is 12.0 Å². The molecule has 2 aliphatic rings. The average molecular weight is 472 g/mol. The van der Waals surface area contributed by atoms with Gasteiger partial charge in [0.2, 0.25) is 11.8 Å². The number of pyridine rings is 1. The first kappa shape index (κ1) is 22.5. The fourth-order valence-corrected chi connectivity index (χ4v) is 5.02. The first-order valence-corrected chi connectivity index (χ1v) is 11.2. The van der Waals surface area contributed by atoms with Gasteiger partial charge >= 0.3 is 5.97 Å². The van der Waals surface area contributed by atoms with Crippen LogP contribution in [0.4, 0.5) is 5.69 Å². The highest BCUT2D eigenvalue weighted by Crippen LogP contribution is 2.54. The molecule has 0 bridgehead atoms. The molecule has 0 saturated carbocycles. The van der Waals surface area contributed by atoms with E-state index >= 15 is 0 Å². The largest absolute Gasteiger partial charge is 0.465 e. The number of aromatic nitrogens is 1. The smallest absolute Gasteiger partial charge is 0.340 e. The van der Waals surface area contributed by atoms with E-state index in [-0.39, 0.29) is 29.3 Å². The Hall–Kier alpha value is -4.33. The van der Waals surface area contributed by atoms with Crippen LogP contribution in [-0.2, 0) is 33.3 Å². The molecule has 1 spiro atoms. The third kappa shape index (κ3) is 3.02. The summed E-state index contributed by atoms with van der Waals surface area (Å²) in [4.78, 5) is 43.0. The fourth-order valence-electron chi connectivity index (χ4n) is 5.02. The van der Waals surface area contributed by atoms with Crippen LogP contribution in [0.2, 0.25) is 0 Å². The molecule has 178 valence electrons. The van der Waals surface area contributed by atoms with Gasteiger partial charge in [-0.3, -0.25) is 9.59 Å². The molecule has 8 heteroatoms. The topological polar surface area (TPSA) is 104 Å². The standard InChI is InChI=1S/C27H25N3O5/c1-15-9-11-17(12-10-15)14-30-19-8-6-5-7-18(19)27(26(30)33)21-20(13-16(2)29(3)24(21)31)35-23(28)22(27)25(32)34-4/h5-13H,14,28H2,1-4H3. The van der Waals surface area contributed by atoms with E-state index in [9.17, 15) is 14.4 Å². The highest BCUT2D eigenvalue weighted by Gasteiger charge is 2.62. The summed E-state index contributed by atoms with van der Waals surface area (Å²) in [6.45, 7) is 3.98. The van der Waals surface area contributed by atoms with Crippen molar-refractivity contribution >= 4 is 17.6 Å². The summed E-state index contributed by atoms with van der Waals surface area (Å²) in [6.07, 6.45) is 0. The fraction of sp³-hybridized carbons (Fsp3) is 0.222. The number of aryl methyl sites for hydroxylation is 2. The van der Waals surface area contributed by atoms with Crippen LogP contribution >= 0.6 is 0 Å². The maximum absolute atomic E-state index is 14.5. The first-order chi connectivity index (χ1) is 16.7. The molecule has 2 N–H and O–H groups in total. The summed E-state index contributed by atoms with van der Waals surface area (Å²) in [6, 6.07) is 16.6. The number of amides is 1. The Balaban J connectivity index is 1.85. The van der Waals surface area contributed by atoms with Crippen molar-refractivity contribution in [1.82, 2.24) is 4.57 Å². The Kier molecular flexibility index (Phi) is 5.05. The third-order valence-corrected chi connectivity index (χ3v) is 6.87. The number of esters is 1. The van der Waals surface area contributed by atoms with E-state index in [2.05, 4.69) is 0 Å². The number of benzene rings is 2. The van der Waals surface area contributed by atoms with Gasteiger partial charge in [-0.15, -0.1) is 0 Å². The lowest BCUT2D eigenvalue weighted by Crippen LogP contribution is -2.51. The monoisotopic (exact) mass is 471 g/mol. The first-order valence-electron chi connectivity index (χ1n) is 11.2. The molecular formula is C27H25N3O5. The molecule has 0 aliphatic carbocycles. The number of anilines is 1. The van der Waals surface area contributed by atoms with Gasteiger partial charge in [0, 0.05) is 30.1 Å². The summed E-state index contributed by atoms with van der Waals surface area (Å²) in [5.74, 6) is -1.42. The number of rotatable bonds is 3. The molecular weight excluding hydrogens is 446 g/mol. The SMILES string of the molecule is COC(=O)C1=C(N)Oc2cc(C)n(C)c(=O)c2C12C(=O)N(Cc1ccc(C)cc1)c1ccccc12.